The molecule has 0 bridgehead atoms. The fourth-order valence-corrected chi connectivity index (χ4v) is 4.02. The Kier molecular flexibility index (Phi) is 5.18. The van der Waals surface area contributed by atoms with Gasteiger partial charge in [0.1, 0.15) is 5.71 Å². The van der Waals surface area contributed by atoms with Crippen LogP contribution in [0.4, 0.5) is 0 Å². The van der Waals surface area contributed by atoms with Gasteiger partial charge in [-0.2, -0.15) is 36.3 Å². The number of quaternary nitrogens is 3. The molecule has 15 heteroatoms. The van der Waals surface area contributed by atoms with E-state index in [-0.39, 0.29) is 19.3 Å². The van der Waals surface area contributed by atoms with Crippen LogP contribution >= 0.6 is 11.9 Å². The molecule has 25 heavy (non-hydrogen) atoms. The number of hydroxylamine groups is 9. The van der Waals surface area contributed by atoms with Crippen LogP contribution in [-0.4, -0.2) is 63.1 Å². The normalized spacial score (nSPS) is 28.1. The number of nitrogens with zero attached hydrogens (tertiary/aromatic N) is 4. The van der Waals surface area contributed by atoms with E-state index in [9.17, 15) is 46.9 Å². The second-order valence-corrected chi connectivity index (χ2v) is 6.57. The van der Waals surface area contributed by atoms with Crippen LogP contribution in [0.1, 0.15) is 32.1 Å². The maximum atomic E-state index is 12.3. The molecular formula is C10H19N5O9S. The summed E-state index contributed by atoms with van der Waals surface area (Å²) in [7, 11) is 0. The van der Waals surface area contributed by atoms with E-state index >= 15 is 0 Å². The first kappa shape index (κ1) is 20.4. The van der Waals surface area contributed by atoms with Crippen molar-refractivity contribution >= 4 is 17.7 Å². The lowest BCUT2D eigenvalue weighted by Gasteiger charge is -2.57. The summed E-state index contributed by atoms with van der Waals surface area (Å²) in [6.07, 6.45) is -0.486. The highest BCUT2D eigenvalue weighted by molar-refractivity contribution is 8.00. The molecule has 1 aliphatic carbocycles. The summed E-state index contributed by atoms with van der Waals surface area (Å²) in [5.74, 6) is 0. The average molecular weight is 385 g/mol. The molecule has 1 atom stereocenters. The molecule has 1 unspecified atom stereocenters. The van der Waals surface area contributed by atoms with Crippen LogP contribution in [0.3, 0.4) is 0 Å². The lowest BCUT2D eigenvalue weighted by molar-refractivity contribution is -1.43. The predicted octanol–water partition coefficient (Wildman–Crippen LogP) is 0.786. The van der Waals surface area contributed by atoms with Crippen molar-refractivity contribution in [1.29, 1.82) is 0 Å². The van der Waals surface area contributed by atoms with E-state index in [0.717, 1.165) is 18.0 Å². The quantitative estimate of drug-likeness (QED) is 0.118. The van der Waals surface area contributed by atoms with Crippen molar-refractivity contribution in [3.63, 3.8) is 0 Å². The molecule has 2 rings (SSSR count). The first-order valence-electron chi connectivity index (χ1n) is 7.13. The molecule has 0 amide bonds. The Bertz CT molecular complexity index is 553. The van der Waals surface area contributed by atoms with Crippen LogP contribution in [0.25, 0.3) is 0 Å². The topological polar surface area (TPSA) is 215 Å². The van der Waals surface area contributed by atoms with Gasteiger partial charge in [0.15, 0.2) is 0 Å². The highest BCUT2D eigenvalue weighted by atomic mass is 32.2. The van der Waals surface area contributed by atoms with Crippen LogP contribution < -0.4 is 4.83 Å². The van der Waals surface area contributed by atoms with Crippen molar-refractivity contribution < 1.29 is 46.2 Å². The van der Waals surface area contributed by atoms with Crippen molar-refractivity contribution in [3.8, 4) is 0 Å². The molecule has 14 nitrogen and oxygen atoms in total. The molecular weight excluding hydrogens is 366 g/mol. The summed E-state index contributed by atoms with van der Waals surface area (Å²) in [6, 6.07) is 0. The molecule has 0 aromatic carbocycles. The van der Waals surface area contributed by atoms with Crippen molar-refractivity contribution in [1.82, 2.24) is 4.83 Å². The lowest BCUT2D eigenvalue weighted by atomic mass is 9.75. The van der Waals surface area contributed by atoms with Crippen LogP contribution in [0.15, 0.2) is 16.6 Å². The zero-order valence-corrected chi connectivity index (χ0v) is 13.6. The van der Waals surface area contributed by atoms with Gasteiger partial charge in [-0.3, -0.25) is 0 Å². The van der Waals surface area contributed by atoms with Gasteiger partial charge in [-0.1, -0.05) is 6.42 Å². The number of hydrogen-bond donors (Lipinski definition) is 7. The van der Waals surface area contributed by atoms with Gasteiger partial charge in [-0.25, -0.2) is 4.83 Å². The molecule has 1 saturated carbocycles. The zero-order chi connectivity index (χ0) is 19.1. The average Bonchev–Trinajstić information content (AvgIpc) is 2.67. The Hall–Kier alpha value is -0.920. The van der Waals surface area contributed by atoms with Gasteiger partial charge in [-0.15, -0.1) is 0 Å². The van der Waals surface area contributed by atoms with E-state index in [1.807, 2.05) is 0 Å². The molecule has 1 heterocycles. The van der Waals surface area contributed by atoms with Crippen molar-refractivity contribution in [2.75, 3.05) is 0 Å². The van der Waals surface area contributed by atoms with Gasteiger partial charge in [0.25, 0.3) is 0 Å². The van der Waals surface area contributed by atoms with Crippen LogP contribution in [-0.2, 0) is 0 Å². The Balaban J connectivity index is 2.92. The third kappa shape index (κ3) is 2.94. The first-order chi connectivity index (χ1) is 11.3. The van der Waals surface area contributed by atoms with Crippen molar-refractivity contribution in [3.05, 3.63) is 27.1 Å². The van der Waals surface area contributed by atoms with Crippen LogP contribution in [0.5, 0.6) is 0 Å². The van der Waals surface area contributed by atoms with E-state index < -0.39 is 44.7 Å². The standard InChI is InChI=1S/C10H19N5O9S/c16-13(17,18)9(8-4-7-25-12-11-8)5-2-1-3-6-10(9,14(19,20)21)15(22,23)24/h4,7,12,16-17,19-20,22-23H,1-3,5-6H2. The molecule has 2 aliphatic rings. The highest BCUT2D eigenvalue weighted by Crippen LogP contribution is 2.52. The minimum absolute atomic E-state index is 0.0190. The van der Waals surface area contributed by atoms with E-state index in [1.165, 1.54) is 5.41 Å². The van der Waals surface area contributed by atoms with Gasteiger partial charge < -0.3 is 15.6 Å². The fraction of sp³-hybridized carbons (Fsp3) is 0.700. The summed E-state index contributed by atoms with van der Waals surface area (Å²) >= 11 is 0.886. The Morgan fingerprint density at radius 1 is 0.920 bits per heavy atom. The maximum Gasteiger partial charge on any atom is 0.412 e. The molecule has 7 N–H and O–H groups in total. The minimum Gasteiger partial charge on any atom is -0.563 e. The molecule has 1 aliphatic heterocycles. The van der Waals surface area contributed by atoms with Crippen LogP contribution in [0.2, 0.25) is 0 Å². The Morgan fingerprint density at radius 3 is 1.92 bits per heavy atom. The summed E-state index contributed by atoms with van der Waals surface area (Å²) in [5.41, 5.74) is -7.48. The number of rotatable bonds is 4. The number of hydrazone groups is 1. The summed E-state index contributed by atoms with van der Waals surface area (Å²) in [6.45, 7) is 0. The Labute approximate surface area is 145 Å². The SMILES string of the molecule is [O-][N+](O)(O)C1(C2=NNSC=C2)CCCCCC1([N+]([O-])(O)O)[N+]([O-])(O)O. The van der Waals surface area contributed by atoms with Crippen molar-refractivity contribution in [2.45, 2.75) is 43.3 Å². The maximum absolute atomic E-state index is 12.3. The molecule has 0 spiro atoms. The van der Waals surface area contributed by atoms with Gasteiger partial charge in [-0.05, 0) is 51.2 Å². The molecule has 1 fully saturated rings. The third-order valence-corrected chi connectivity index (χ3v) is 5.09. The number of hydrogen-bond acceptors (Lipinski definition) is 12. The first-order valence-corrected chi connectivity index (χ1v) is 8.01. The summed E-state index contributed by atoms with van der Waals surface area (Å²) in [4.78, 5) is -8.43. The van der Waals surface area contributed by atoms with E-state index in [1.54, 1.807) is 0 Å². The summed E-state index contributed by atoms with van der Waals surface area (Å²) < 4.78 is 0. The molecule has 0 radical (unpaired) electrons. The van der Waals surface area contributed by atoms with Gasteiger partial charge >= 0.3 is 11.2 Å². The fourth-order valence-electron chi connectivity index (χ4n) is 3.61. The smallest absolute Gasteiger partial charge is 0.412 e. The van der Waals surface area contributed by atoms with E-state index in [4.69, 9.17) is 0 Å². The van der Waals surface area contributed by atoms with Crippen LogP contribution in [0, 0.1) is 15.6 Å². The molecule has 0 aromatic rings. The second-order valence-electron chi connectivity index (χ2n) is 5.88. The molecule has 0 saturated heterocycles. The second kappa shape index (κ2) is 6.35. The molecule has 0 aromatic heterocycles. The minimum atomic E-state index is -3.69. The number of nitrogens with one attached hydrogen (secondary N) is 1. The van der Waals surface area contributed by atoms with Gasteiger partial charge in [0.2, 0.25) is 0 Å². The zero-order valence-electron chi connectivity index (χ0n) is 12.8. The van der Waals surface area contributed by atoms with E-state index in [2.05, 4.69) is 9.93 Å². The van der Waals surface area contributed by atoms with Crippen molar-refractivity contribution in [2.24, 2.45) is 5.10 Å². The van der Waals surface area contributed by atoms with E-state index in [0.29, 0.717) is 0 Å². The largest absolute Gasteiger partial charge is 0.563 e. The lowest BCUT2D eigenvalue weighted by Crippen LogP contribution is -2.88. The predicted molar refractivity (Wildman–Crippen MR) is 77.4 cm³/mol. The van der Waals surface area contributed by atoms with Gasteiger partial charge in [0, 0.05) is 6.42 Å². The summed E-state index contributed by atoms with van der Waals surface area (Å²) in [5, 5.41) is 100. The monoisotopic (exact) mass is 385 g/mol. The van der Waals surface area contributed by atoms with Gasteiger partial charge in [0.05, 0.1) is 6.42 Å². The highest BCUT2D eigenvalue weighted by Gasteiger charge is 2.84. The Morgan fingerprint density at radius 2 is 1.48 bits per heavy atom. The third-order valence-electron chi connectivity index (χ3n) is 4.62. The molecule has 144 valence electrons.